The summed E-state index contributed by atoms with van der Waals surface area (Å²) in [5.41, 5.74) is 2.65. The molecule has 1 aliphatic rings. The maximum absolute atomic E-state index is 13.1. The van der Waals surface area contributed by atoms with E-state index in [1.807, 2.05) is 39.0 Å². The number of amides is 1. The van der Waals surface area contributed by atoms with Crippen molar-refractivity contribution in [2.75, 3.05) is 5.32 Å². The van der Waals surface area contributed by atoms with Crippen molar-refractivity contribution in [3.8, 4) is 5.82 Å². The Morgan fingerprint density at radius 1 is 1.23 bits per heavy atom. The van der Waals surface area contributed by atoms with Crippen LogP contribution in [0.5, 0.6) is 0 Å². The minimum atomic E-state index is -0.374. The highest BCUT2D eigenvalue weighted by atomic mass is 32.1. The second kappa shape index (κ2) is 8.39. The highest BCUT2D eigenvalue weighted by molar-refractivity contribution is 7.17. The molecular weight excluding hydrogens is 400 g/mol. The first-order valence-corrected chi connectivity index (χ1v) is 10.9. The van der Waals surface area contributed by atoms with Crippen LogP contribution in [0, 0.1) is 6.92 Å². The minimum Gasteiger partial charge on any atom is -0.459 e. The molecule has 1 N–H and O–H groups in total. The van der Waals surface area contributed by atoms with Crippen LogP contribution >= 0.6 is 11.3 Å². The van der Waals surface area contributed by atoms with Crippen LogP contribution in [0.25, 0.3) is 5.82 Å². The quantitative estimate of drug-likeness (QED) is 0.616. The Kier molecular flexibility index (Phi) is 5.67. The minimum absolute atomic E-state index is 0.223. The van der Waals surface area contributed by atoms with E-state index in [2.05, 4.69) is 15.4 Å². The molecule has 0 unspecified atom stereocenters. The molecule has 1 aliphatic carbocycles. The van der Waals surface area contributed by atoms with Crippen LogP contribution in [0.15, 0.2) is 30.6 Å². The van der Waals surface area contributed by atoms with Gasteiger partial charge in [0, 0.05) is 11.1 Å². The van der Waals surface area contributed by atoms with Gasteiger partial charge in [-0.1, -0.05) is 6.07 Å². The molecule has 0 saturated heterocycles. The number of thiophene rings is 1. The predicted molar refractivity (Wildman–Crippen MR) is 116 cm³/mol. The van der Waals surface area contributed by atoms with E-state index < -0.39 is 0 Å². The molecule has 7 nitrogen and oxygen atoms in total. The first-order chi connectivity index (χ1) is 14.5. The molecule has 0 aromatic carbocycles. The van der Waals surface area contributed by atoms with Crippen molar-refractivity contribution >= 4 is 28.2 Å². The Bertz CT molecular complexity index is 1090. The lowest BCUT2D eigenvalue weighted by Crippen LogP contribution is -2.18. The van der Waals surface area contributed by atoms with E-state index in [4.69, 9.17) is 4.74 Å². The van der Waals surface area contributed by atoms with Crippen molar-refractivity contribution in [2.45, 2.75) is 52.6 Å². The first-order valence-electron chi connectivity index (χ1n) is 10.1. The Hall–Kier alpha value is -3.00. The van der Waals surface area contributed by atoms with E-state index in [-0.39, 0.29) is 18.0 Å². The number of aryl methyl sites for hydroxylation is 1. The molecule has 1 amide bonds. The lowest BCUT2D eigenvalue weighted by atomic mass is 9.95. The van der Waals surface area contributed by atoms with Gasteiger partial charge >= 0.3 is 5.97 Å². The van der Waals surface area contributed by atoms with Crippen LogP contribution in [0.4, 0.5) is 5.00 Å². The molecule has 30 heavy (non-hydrogen) atoms. The average Bonchev–Trinajstić information content (AvgIpc) is 3.28. The second-order valence-corrected chi connectivity index (χ2v) is 8.67. The molecule has 4 rings (SSSR count). The fourth-order valence-electron chi connectivity index (χ4n) is 3.66. The number of nitrogens with zero attached hydrogens (tertiary/aromatic N) is 3. The SMILES string of the molecule is Cc1c(C(=O)Nc2sc3c(c2C(=O)OC(C)C)CCCC3)cnn1-c1ccccn1. The molecule has 0 spiro atoms. The largest absolute Gasteiger partial charge is 0.459 e. The van der Waals surface area contributed by atoms with Crippen LogP contribution < -0.4 is 5.32 Å². The van der Waals surface area contributed by atoms with Gasteiger partial charge in [-0.25, -0.2) is 14.5 Å². The molecule has 8 heteroatoms. The number of anilines is 1. The van der Waals surface area contributed by atoms with Gasteiger partial charge in [0.05, 0.1) is 29.1 Å². The van der Waals surface area contributed by atoms with Crippen molar-refractivity contribution < 1.29 is 14.3 Å². The third-order valence-corrected chi connectivity index (χ3v) is 6.27. The van der Waals surface area contributed by atoms with Crippen molar-refractivity contribution in [3.05, 3.63) is 57.9 Å². The van der Waals surface area contributed by atoms with E-state index in [1.165, 1.54) is 17.5 Å². The van der Waals surface area contributed by atoms with Crippen LogP contribution in [0.3, 0.4) is 0 Å². The summed E-state index contributed by atoms with van der Waals surface area (Å²) in [5, 5.41) is 7.82. The first kappa shape index (κ1) is 20.3. The summed E-state index contributed by atoms with van der Waals surface area (Å²) < 4.78 is 7.09. The summed E-state index contributed by atoms with van der Waals surface area (Å²) >= 11 is 1.48. The molecule has 0 bridgehead atoms. The van der Waals surface area contributed by atoms with E-state index in [1.54, 1.807) is 10.9 Å². The van der Waals surface area contributed by atoms with Crippen molar-refractivity contribution in [1.29, 1.82) is 0 Å². The Labute approximate surface area is 179 Å². The number of nitrogens with one attached hydrogen (secondary N) is 1. The van der Waals surface area contributed by atoms with Crippen molar-refractivity contribution in [2.24, 2.45) is 0 Å². The Morgan fingerprint density at radius 3 is 2.77 bits per heavy atom. The number of hydrogen-bond donors (Lipinski definition) is 1. The molecule has 3 heterocycles. The van der Waals surface area contributed by atoms with Gasteiger partial charge in [0.25, 0.3) is 5.91 Å². The van der Waals surface area contributed by atoms with Gasteiger partial charge in [0.15, 0.2) is 5.82 Å². The highest BCUT2D eigenvalue weighted by Gasteiger charge is 2.28. The van der Waals surface area contributed by atoms with Gasteiger partial charge in [-0.3, -0.25) is 4.79 Å². The van der Waals surface area contributed by atoms with E-state index in [0.717, 1.165) is 36.1 Å². The normalized spacial score (nSPS) is 13.2. The molecular formula is C22H24N4O3S. The zero-order valence-corrected chi connectivity index (χ0v) is 18.1. The van der Waals surface area contributed by atoms with Crippen LogP contribution in [-0.2, 0) is 17.6 Å². The van der Waals surface area contributed by atoms with E-state index >= 15 is 0 Å². The summed E-state index contributed by atoms with van der Waals surface area (Å²) in [6, 6.07) is 5.52. The lowest BCUT2D eigenvalue weighted by Gasteiger charge is -2.14. The van der Waals surface area contributed by atoms with Gasteiger partial charge in [-0.2, -0.15) is 5.10 Å². The van der Waals surface area contributed by atoms with Gasteiger partial charge in [0.2, 0.25) is 0 Å². The number of ether oxygens (including phenoxy) is 1. The van der Waals surface area contributed by atoms with Crippen molar-refractivity contribution in [3.63, 3.8) is 0 Å². The maximum atomic E-state index is 13.1. The summed E-state index contributed by atoms with van der Waals surface area (Å²) in [6.07, 6.45) is 6.87. The zero-order valence-electron chi connectivity index (χ0n) is 17.3. The number of carbonyl (C=O) groups excluding carboxylic acids is 2. The molecule has 0 radical (unpaired) electrons. The van der Waals surface area contributed by atoms with Gasteiger partial charge < -0.3 is 10.1 Å². The predicted octanol–water partition coefficient (Wildman–Crippen LogP) is 4.33. The fraction of sp³-hybridized carbons (Fsp3) is 0.364. The fourth-order valence-corrected chi connectivity index (χ4v) is 4.93. The number of fused-ring (bicyclic) bond motifs is 1. The summed E-state index contributed by atoms with van der Waals surface area (Å²) in [4.78, 5) is 31.3. The average molecular weight is 425 g/mol. The number of esters is 1. The number of hydrogen-bond acceptors (Lipinski definition) is 6. The Morgan fingerprint density at radius 2 is 2.03 bits per heavy atom. The monoisotopic (exact) mass is 424 g/mol. The standard InChI is InChI=1S/C22H24N4O3S/c1-13(2)29-22(28)19-15-8-4-5-9-17(15)30-21(19)25-20(27)16-12-24-26(14(16)3)18-10-6-7-11-23-18/h6-7,10-13H,4-5,8-9H2,1-3H3,(H,25,27). The smallest absolute Gasteiger partial charge is 0.341 e. The second-order valence-electron chi connectivity index (χ2n) is 7.57. The zero-order chi connectivity index (χ0) is 21.3. The molecule has 3 aromatic heterocycles. The molecule has 156 valence electrons. The van der Waals surface area contributed by atoms with Crippen LogP contribution in [0.2, 0.25) is 0 Å². The highest BCUT2D eigenvalue weighted by Crippen LogP contribution is 2.39. The van der Waals surface area contributed by atoms with E-state index in [9.17, 15) is 9.59 Å². The molecule has 3 aromatic rings. The maximum Gasteiger partial charge on any atom is 0.341 e. The molecule has 0 fully saturated rings. The van der Waals surface area contributed by atoms with E-state index in [0.29, 0.717) is 27.6 Å². The summed E-state index contributed by atoms with van der Waals surface area (Å²) in [6.45, 7) is 5.47. The number of carbonyl (C=O) groups is 2. The Balaban J connectivity index is 1.65. The van der Waals surface area contributed by atoms with Gasteiger partial charge in [0.1, 0.15) is 5.00 Å². The third-order valence-electron chi connectivity index (χ3n) is 5.07. The summed E-state index contributed by atoms with van der Waals surface area (Å²) in [7, 11) is 0. The molecule has 0 aliphatic heterocycles. The van der Waals surface area contributed by atoms with Gasteiger partial charge in [-0.15, -0.1) is 11.3 Å². The number of aromatic nitrogens is 3. The molecule has 0 atom stereocenters. The van der Waals surface area contributed by atoms with Crippen LogP contribution in [0.1, 0.15) is 63.5 Å². The van der Waals surface area contributed by atoms with Crippen LogP contribution in [-0.4, -0.2) is 32.7 Å². The summed E-state index contributed by atoms with van der Waals surface area (Å²) in [5.74, 6) is -0.0330. The topological polar surface area (TPSA) is 86.1 Å². The lowest BCUT2D eigenvalue weighted by molar-refractivity contribution is 0.0378. The molecule has 0 saturated carbocycles. The van der Waals surface area contributed by atoms with Gasteiger partial charge in [-0.05, 0) is 64.2 Å². The number of rotatable bonds is 5. The third kappa shape index (κ3) is 3.87. The number of pyridine rings is 1. The van der Waals surface area contributed by atoms with Crippen molar-refractivity contribution in [1.82, 2.24) is 14.8 Å².